The molecule has 1 amide bonds. The first-order valence-electron chi connectivity index (χ1n) is 11.1. The van der Waals surface area contributed by atoms with Crippen LogP contribution >= 0.6 is 0 Å². The second kappa shape index (κ2) is 8.40. The van der Waals surface area contributed by atoms with E-state index >= 15 is 0 Å². The van der Waals surface area contributed by atoms with E-state index in [1.165, 1.54) is 18.7 Å². The monoisotopic (exact) mass is 555 g/mol. The van der Waals surface area contributed by atoms with Gasteiger partial charge in [0.1, 0.15) is 10.6 Å². The average Bonchev–Trinajstić information content (AvgIpc) is 3.20. The number of likely N-dealkylation sites (tertiary alicyclic amines) is 1. The zero-order valence-corrected chi connectivity index (χ0v) is 20.3. The number of halogens is 8. The minimum atomic E-state index is -6.33. The summed E-state index contributed by atoms with van der Waals surface area (Å²) in [5.74, 6) is -1.15. The normalized spacial score (nSPS) is 22.5. The standard InChI is InChI=1S/C24H21F8NO3S/c1-13-11-17(5-7-19(13)25)37(35,36)21-9-10-33(14(2)34)20(21)8-3-15-12-16(4-6-18(15)21)22(26,23(27,28)29)24(30,31)32/h4-7,11-12,20H,3,8-10H2,1-2H3. The summed E-state index contributed by atoms with van der Waals surface area (Å²) in [7, 11) is -4.48. The second-order valence-electron chi connectivity index (χ2n) is 9.35. The fourth-order valence-electron chi connectivity index (χ4n) is 5.60. The summed E-state index contributed by atoms with van der Waals surface area (Å²) >= 11 is 0. The number of alkyl halides is 7. The van der Waals surface area contributed by atoms with E-state index in [4.69, 9.17) is 0 Å². The largest absolute Gasteiger partial charge is 0.435 e. The summed E-state index contributed by atoms with van der Waals surface area (Å²) < 4.78 is 135. The van der Waals surface area contributed by atoms with Crippen LogP contribution < -0.4 is 0 Å². The molecule has 2 aromatic rings. The van der Waals surface area contributed by atoms with Gasteiger partial charge in [-0.3, -0.25) is 4.79 Å². The third-order valence-electron chi connectivity index (χ3n) is 7.39. The van der Waals surface area contributed by atoms with E-state index in [1.54, 1.807) is 0 Å². The maximum absolute atomic E-state index is 14.8. The number of aryl methyl sites for hydroxylation is 2. The zero-order valence-electron chi connectivity index (χ0n) is 19.5. The van der Waals surface area contributed by atoms with Gasteiger partial charge in [-0.2, -0.15) is 26.3 Å². The molecule has 0 radical (unpaired) electrons. The van der Waals surface area contributed by atoms with E-state index in [-0.39, 0.29) is 47.4 Å². The highest BCUT2D eigenvalue weighted by Gasteiger charge is 2.73. The molecule has 13 heteroatoms. The first-order valence-corrected chi connectivity index (χ1v) is 12.6. The van der Waals surface area contributed by atoms with Crippen molar-refractivity contribution in [2.75, 3.05) is 6.54 Å². The molecule has 1 aliphatic carbocycles. The van der Waals surface area contributed by atoms with E-state index in [9.17, 15) is 48.3 Å². The molecule has 1 fully saturated rings. The highest BCUT2D eigenvalue weighted by molar-refractivity contribution is 7.92. The SMILES string of the molecule is CC(=O)N1CCC2(S(=O)(=O)c3ccc(F)c(C)c3)c3ccc(C(F)(C(F)(F)F)C(F)(F)F)cc3CCC12. The highest BCUT2D eigenvalue weighted by Crippen LogP contribution is 2.56. The Bertz CT molecular complexity index is 1360. The van der Waals surface area contributed by atoms with Gasteiger partial charge in [-0.1, -0.05) is 18.2 Å². The molecule has 1 aliphatic heterocycles. The van der Waals surface area contributed by atoms with Crippen LogP contribution in [0.1, 0.15) is 42.0 Å². The number of benzene rings is 2. The molecule has 0 spiro atoms. The molecule has 37 heavy (non-hydrogen) atoms. The molecule has 4 nitrogen and oxygen atoms in total. The van der Waals surface area contributed by atoms with E-state index in [2.05, 4.69) is 0 Å². The van der Waals surface area contributed by atoms with Gasteiger partial charge < -0.3 is 4.90 Å². The van der Waals surface area contributed by atoms with Crippen molar-refractivity contribution in [3.63, 3.8) is 0 Å². The van der Waals surface area contributed by atoms with Crippen molar-refractivity contribution < 1.29 is 48.3 Å². The van der Waals surface area contributed by atoms with Crippen LogP contribution in [-0.2, 0) is 31.5 Å². The third kappa shape index (κ3) is 3.75. The van der Waals surface area contributed by atoms with Gasteiger partial charge in [-0.25, -0.2) is 17.2 Å². The van der Waals surface area contributed by atoms with Crippen LogP contribution in [0, 0.1) is 12.7 Å². The summed E-state index contributed by atoms with van der Waals surface area (Å²) in [4.78, 5) is 13.3. The van der Waals surface area contributed by atoms with Crippen LogP contribution in [-0.4, -0.2) is 44.2 Å². The number of carbonyl (C=O) groups is 1. The Balaban J connectivity index is 1.98. The van der Waals surface area contributed by atoms with Crippen LogP contribution in [0.5, 0.6) is 0 Å². The van der Waals surface area contributed by atoms with Crippen LogP contribution in [0.2, 0.25) is 0 Å². The number of amides is 1. The predicted molar refractivity (Wildman–Crippen MR) is 115 cm³/mol. The Hall–Kier alpha value is -2.70. The molecule has 0 N–H and O–H groups in total. The van der Waals surface area contributed by atoms with Gasteiger partial charge in [0.2, 0.25) is 5.91 Å². The van der Waals surface area contributed by atoms with E-state index < -0.39 is 55.9 Å². The van der Waals surface area contributed by atoms with Crippen molar-refractivity contribution in [2.45, 2.75) is 66.8 Å². The number of carbonyl (C=O) groups excluding carboxylic acids is 1. The lowest BCUT2D eigenvalue weighted by atomic mass is 9.77. The van der Waals surface area contributed by atoms with Crippen molar-refractivity contribution in [2.24, 2.45) is 0 Å². The van der Waals surface area contributed by atoms with Crippen LogP contribution in [0.25, 0.3) is 0 Å². The third-order valence-corrected chi connectivity index (χ3v) is 9.92. The minimum absolute atomic E-state index is 0.000561. The van der Waals surface area contributed by atoms with Crippen molar-refractivity contribution in [1.82, 2.24) is 4.90 Å². The molecular formula is C24H21F8NO3S. The Morgan fingerprint density at radius 3 is 2.16 bits per heavy atom. The first kappa shape index (κ1) is 27.3. The molecule has 1 heterocycles. The van der Waals surface area contributed by atoms with Crippen LogP contribution in [0.3, 0.4) is 0 Å². The minimum Gasteiger partial charge on any atom is -0.338 e. The predicted octanol–water partition coefficient (Wildman–Crippen LogP) is 5.66. The molecule has 1 saturated heterocycles. The molecular weight excluding hydrogens is 534 g/mol. The van der Waals surface area contributed by atoms with Gasteiger partial charge >= 0.3 is 18.0 Å². The van der Waals surface area contributed by atoms with Gasteiger partial charge in [0, 0.05) is 19.0 Å². The number of hydrogen-bond donors (Lipinski definition) is 0. The number of sulfone groups is 1. The summed E-state index contributed by atoms with van der Waals surface area (Å²) in [6.07, 6.45) is -13.2. The van der Waals surface area contributed by atoms with Gasteiger partial charge in [0.05, 0.1) is 10.9 Å². The molecule has 4 rings (SSSR count). The highest BCUT2D eigenvalue weighted by atomic mass is 32.2. The lowest BCUT2D eigenvalue weighted by molar-refractivity contribution is -0.348. The molecule has 0 bridgehead atoms. The number of nitrogens with zero attached hydrogens (tertiary/aromatic N) is 1. The number of fused-ring (bicyclic) bond motifs is 3. The number of hydrogen-bond acceptors (Lipinski definition) is 3. The molecule has 0 aromatic heterocycles. The fourth-order valence-corrected chi connectivity index (χ4v) is 8.05. The van der Waals surface area contributed by atoms with E-state index in [0.717, 1.165) is 24.3 Å². The maximum Gasteiger partial charge on any atom is 0.435 e. The van der Waals surface area contributed by atoms with Crippen molar-refractivity contribution in [3.8, 4) is 0 Å². The van der Waals surface area contributed by atoms with E-state index in [1.807, 2.05) is 0 Å². The first-order chi connectivity index (χ1) is 16.9. The summed E-state index contributed by atoms with van der Waals surface area (Å²) in [5.41, 5.74) is -7.69. The molecule has 2 aromatic carbocycles. The quantitative estimate of drug-likeness (QED) is 0.363. The van der Waals surface area contributed by atoms with Gasteiger partial charge in [0.15, 0.2) is 9.84 Å². The maximum atomic E-state index is 14.8. The summed E-state index contributed by atoms with van der Waals surface area (Å²) in [6, 6.07) is 3.53. The topological polar surface area (TPSA) is 54.5 Å². The molecule has 2 atom stereocenters. The molecule has 0 saturated carbocycles. The summed E-state index contributed by atoms with van der Waals surface area (Å²) in [6.45, 7) is 2.50. The molecule has 202 valence electrons. The van der Waals surface area contributed by atoms with E-state index in [0.29, 0.717) is 12.1 Å². The Morgan fingerprint density at radius 2 is 1.62 bits per heavy atom. The van der Waals surface area contributed by atoms with Crippen molar-refractivity contribution in [1.29, 1.82) is 0 Å². The summed E-state index contributed by atoms with van der Waals surface area (Å²) in [5, 5.41) is 0. The molecule has 2 unspecified atom stereocenters. The Labute approximate surface area is 207 Å². The fraction of sp³-hybridized carbons (Fsp3) is 0.458. The van der Waals surface area contributed by atoms with Gasteiger partial charge in [-0.05, 0) is 61.1 Å². The van der Waals surface area contributed by atoms with Crippen molar-refractivity contribution >= 4 is 15.7 Å². The zero-order chi connectivity index (χ0) is 27.8. The Morgan fingerprint density at radius 1 is 1.00 bits per heavy atom. The second-order valence-corrected chi connectivity index (χ2v) is 11.6. The van der Waals surface area contributed by atoms with Crippen LogP contribution in [0.4, 0.5) is 35.1 Å². The average molecular weight is 555 g/mol. The lowest BCUT2D eigenvalue weighted by Gasteiger charge is -2.43. The van der Waals surface area contributed by atoms with Crippen molar-refractivity contribution in [3.05, 3.63) is 64.5 Å². The lowest BCUT2D eigenvalue weighted by Crippen LogP contribution is -2.52. The number of rotatable bonds is 3. The Kier molecular flexibility index (Phi) is 6.21. The van der Waals surface area contributed by atoms with Crippen LogP contribution in [0.15, 0.2) is 41.3 Å². The van der Waals surface area contributed by atoms with Gasteiger partial charge in [-0.15, -0.1) is 0 Å². The molecule has 2 aliphatic rings. The van der Waals surface area contributed by atoms with Gasteiger partial charge in [0.25, 0.3) is 0 Å². The smallest absolute Gasteiger partial charge is 0.338 e.